The molecule has 0 radical (unpaired) electrons. The predicted octanol–water partition coefficient (Wildman–Crippen LogP) is 1.17. The maximum atomic E-state index is 10.6. The van der Waals surface area contributed by atoms with Crippen molar-refractivity contribution >= 4 is 5.97 Å². The molecule has 1 N–H and O–H groups in total. The van der Waals surface area contributed by atoms with Crippen LogP contribution in [0.2, 0.25) is 0 Å². The molecule has 1 aromatic heterocycles. The molecule has 1 fully saturated rings. The minimum Gasteiger partial charge on any atom is -0.481 e. The second kappa shape index (κ2) is 4.65. The van der Waals surface area contributed by atoms with Gasteiger partial charge >= 0.3 is 5.97 Å². The molecule has 16 heavy (non-hydrogen) atoms. The Bertz CT molecular complexity index is 381. The average Bonchev–Trinajstić information content (AvgIpc) is 2.61. The molecule has 0 aromatic carbocycles. The highest BCUT2D eigenvalue weighted by atomic mass is 16.5. The quantitative estimate of drug-likeness (QED) is 0.837. The largest absolute Gasteiger partial charge is 0.481 e. The van der Waals surface area contributed by atoms with Crippen LogP contribution in [0.15, 0.2) is 6.20 Å². The number of carboxylic acid groups (broad SMARTS) is 1. The standard InChI is InChI=1S/C11H16N2O3/c1-8-9(5-11(14)15)6-12-13(8)10-3-2-4-16-7-10/h6,10H,2-5,7H2,1H3,(H,14,15). The lowest BCUT2D eigenvalue weighted by molar-refractivity contribution is -0.136. The van der Waals surface area contributed by atoms with Gasteiger partial charge in [-0.2, -0.15) is 5.10 Å². The van der Waals surface area contributed by atoms with Crippen LogP contribution in [-0.4, -0.2) is 34.1 Å². The Morgan fingerprint density at radius 3 is 3.19 bits per heavy atom. The predicted molar refractivity (Wildman–Crippen MR) is 57.4 cm³/mol. The highest BCUT2D eigenvalue weighted by Gasteiger charge is 2.19. The van der Waals surface area contributed by atoms with Crippen LogP contribution < -0.4 is 0 Å². The van der Waals surface area contributed by atoms with Gasteiger partial charge < -0.3 is 9.84 Å². The molecule has 1 aromatic rings. The number of carboxylic acids is 1. The van der Waals surface area contributed by atoms with Crippen molar-refractivity contribution in [2.45, 2.75) is 32.2 Å². The van der Waals surface area contributed by atoms with E-state index in [1.54, 1.807) is 6.20 Å². The lowest BCUT2D eigenvalue weighted by Crippen LogP contribution is -2.23. The van der Waals surface area contributed by atoms with E-state index in [1.807, 2.05) is 11.6 Å². The first-order chi connectivity index (χ1) is 7.68. The maximum Gasteiger partial charge on any atom is 0.307 e. The molecule has 1 atom stereocenters. The fourth-order valence-electron chi connectivity index (χ4n) is 2.08. The minimum atomic E-state index is -0.817. The van der Waals surface area contributed by atoms with E-state index in [1.165, 1.54) is 0 Å². The van der Waals surface area contributed by atoms with Gasteiger partial charge in [0.15, 0.2) is 0 Å². The summed E-state index contributed by atoms with van der Waals surface area (Å²) in [6, 6.07) is 0.260. The summed E-state index contributed by atoms with van der Waals surface area (Å²) < 4.78 is 7.30. The van der Waals surface area contributed by atoms with Crippen LogP contribution in [0.1, 0.15) is 30.1 Å². The van der Waals surface area contributed by atoms with E-state index in [0.29, 0.717) is 6.61 Å². The number of hydrogen-bond donors (Lipinski definition) is 1. The summed E-state index contributed by atoms with van der Waals surface area (Å²) in [5, 5.41) is 13.0. The van der Waals surface area contributed by atoms with Gasteiger partial charge in [0, 0.05) is 17.9 Å². The molecular formula is C11H16N2O3. The van der Waals surface area contributed by atoms with Crippen molar-refractivity contribution in [2.75, 3.05) is 13.2 Å². The Kier molecular flexibility index (Phi) is 3.24. The zero-order valence-corrected chi connectivity index (χ0v) is 9.35. The van der Waals surface area contributed by atoms with Gasteiger partial charge in [0.1, 0.15) is 0 Å². The molecule has 5 heteroatoms. The van der Waals surface area contributed by atoms with Gasteiger partial charge in [0.25, 0.3) is 0 Å². The van der Waals surface area contributed by atoms with Crippen LogP contribution in [0.3, 0.4) is 0 Å². The van der Waals surface area contributed by atoms with Gasteiger partial charge in [-0.1, -0.05) is 0 Å². The first-order valence-electron chi connectivity index (χ1n) is 5.51. The number of aliphatic carboxylic acids is 1. The molecule has 0 amide bonds. The fourth-order valence-corrected chi connectivity index (χ4v) is 2.08. The normalized spacial score (nSPS) is 20.9. The van der Waals surface area contributed by atoms with Crippen molar-refractivity contribution in [1.29, 1.82) is 0 Å². The Morgan fingerprint density at radius 1 is 1.75 bits per heavy atom. The van der Waals surface area contributed by atoms with Crippen LogP contribution in [0.5, 0.6) is 0 Å². The van der Waals surface area contributed by atoms with Crippen LogP contribution in [0, 0.1) is 6.92 Å². The van der Waals surface area contributed by atoms with Gasteiger partial charge in [-0.05, 0) is 19.8 Å². The number of carbonyl (C=O) groups is 1. The molecule has 5 nitrogen and oxygen atoms in total. The van der Waals surface area contributed by atoms with Crippen LogP contribution in [0.4, 0.5) is 0 Å². The van der Waals surface area contributed by atoms with E-state index in [2.05, 4.69) is 5.10 Å². The first kappa shape index (κ1) is 11.1. The van der Waals surface area contributed by atoms with Gasteiger partial charge in [0.2, 0.25) is 0 Å². The SMILES string of the molecule is Cc1c(CC(=O)O)cnn1C1CCCOC1. The summed E-state index contributed by atoms with van der Waals surface area (Å²) in [6.45, 7) is 3.41. The smallest absolute Gasteiger partial charge is 0.307 e. The molecule has 0 bridgehead atoms. The fraction of sp³-hybridized carbons (Fsp3) is 0.636. The summed E-state index contributed by atoms with van der Waals surface area (Å²) in [6.07, 6.45) is 3.78. The van der Waals surface area contributed by atoms with Crippen molar-refractivity contribution in [3.05, 3.63) is 17.5 Å². The van der Waals surface area contributed by atoms with Crippen molar-refractivity contribution in [3.63, 3.8) is 0 Å². The van der Waals surface area contributed by atoms with Crippen LogP contribution in [0.25, 0.3) is 0 Å². The highest BCUT2D eigenvalue weighted by Crippen LogP contribution is 2.21. The number of aromatic nitrogens is 2. The second-order valence-electron chi connectivity index (χ2n) is 4.14. The molecule has 0 saturated carbocycles. The molecular weight excluding hydrogens is 208 g/mol. The molecule has 1 aliphatic heterocycles. The third-order valence-corrected chi connectivity index (χ3v) is 2.97. The summed E-state index contributed by atoms with van der Waals surface area (Å²) in [5.74, 6) is -0.817. The molecule has 2 heterocycles. The van der Waals surface area contributed by atoms with Crippen molar-refractivity contribution < 1.29 is 14.6 Å². The van der Waals surface area contributed by atoms with Gasteiger partial charge in [-0.15, -0.1) is 0 Å². The van der Waals surface area contributed by atoms with Gasteiger partial charge in [0.05, 0.1) is 25.3 Å². The second-order valence-corrected chi connectivity index (χ2v) is 4.14. The third kappa shape index (κ3) is 2.24. The van der Waals surface area contributed by atoms with Gasteiger partial charge in [-0.3, -0.25) is 9.48 Å². The van der Waals surface area contributed by atoms with Crippen molar-refractivity contribution in [3.8, 4) is 0 Å². The molecule has 88 valence electrons. The minimum absolute atomic E-state index is 0.0411. The Balaban J connectivity index is 2.15. The van der Waals surface area contributed by atoms with Crippen molar-refractivity contribution in [1.82, 2.24) is 9.78 Å². The highest BCUT2D eigenvalue weighted by molar-refractivity contribution is 5.70. The summed E-state index contributed by atoms with van der Waals surface area (Å²) in [5.41, 5.74) is 1.73. The number of ether oxygens (including phenoxy) is 1. The maximum absolute atomic E-state index is 10.6. The van der Waals surface area contributed by atoms with E-state index >= 15 is 0 Å². The molecule has 1 unspecified atom stereocenters. The number of rotatable bonds is 3. The average molecular weight is 224 g/mol. The lowest BCUT2D eigenvalue weighted by atomic mass is 10.1. The molecule has 1 saturated heterocycles. The van der Waals surface area contributed by atoms with Gasteiger partial charge in [-0.25, -0.2) is 0 Å². The van der Waals surface area contributed by atoms with E-state index in [0.717, 1.165) is 30.7 Å². The summed E-state index contributed by atoms with van der Waals surface area (Å²) in [4.78, 5) is 10.6. The Hall–Kier alpha value is -1.36. The van der Waals surface area contributed by atoms with E-state index < -0.39 is 5.97 Å². The van der Waals surface area contributed by atoms with E-state index in [-0.39, 0.29) is 12.5 Å². The zero-order valence-electron chi connectivity index (χ0n) is 9.35. The van der Waals surface area contributed by atoms with Crippen LogP contribution >= 0.6 is 0 Å². The lowest BCUT2D eigenvalue weighted by Gasteiger charge is -2.23. The van der Waals surface area contributed by atoms with E-state index in [9.17, 15) is 4.79 Å². The zero-order chi connectivity index (χ0) is 11.5. The van der Waals surface area contributed by atoms with Crippen LogP contribution in [-0.2, 0) is 16.0 Å². The van der Waals surface area contributed by atoms with E-state index in [4.69, 9.17) is 9.84 Å². The summed E-state index contributed by atoms with van der Waals surface area (Å²) in [7, 11) is 0. The molecule has 2 rings (SSSR count). The molecule has 0 aliphatic carbocycles. The molecule has 0 spiro atoms. The summed E-state index contributed by atoms with van der Waals surface area (Å²) >= 11 is 0. The third-order valence-electron chi connectivity index (χ3n) is 2.97. The monoisotopic (exact) mass is 224 g/mol. The molecule has 1 aliphatic rings. The first-order valence-corrected chi connectivity index (χ1v) is 5.51. The Morgan fingerprint density at radius 2 is 2.56 bits per heavy atom. The Labute approximate surface area is 94.0 Å². The number of hydrogen-bond acceptors (Lipinski definition) is 3. The topological polar surface area (TPSA) is 64.3 Å². The van der Waals surface area contributed by atoms with Crippen molar-refractivity contribution in [2.24, 2.45) is 0 Å². The number of nitrogens with zero attached hydrogens (tertiary/aromatic N) is 2.